The molecule has 0 N–H and O–H groups in total. The predicted molar refractivity (Wildman–Crippen MR) is 82.9 cm³/mol. The second-order valence-electron chi connectivity index (χ2n) is 4.77. The average Bonchev–Trinajstić information content (AvgIpc) is 3.32. The molecule has 0 saturated heterocycles. The van der Waals surface area contributed by atoms with E-state index < -0.39 is 5.97 Å². The Kier molecular flexibility index (Phi) is 3.39. The number of carbonyl (C=O) groups is 1. The van der Waals surface area contributed by atoms with Gasteiger partial charge in [0.25, 0.3) is 0 Å². The number of rotatable bonds is 4. The van der Waals surface area contributed by atoms with E-state index in [1.54, 1.807) is 48.2 Å². The molecule has 1 aromatic carbocycles. The lowest BCUT2D eigenvalue weighted by Gasteiger charge is -2.02. The van der Waals surface area contributed by atoms with E-state index in [1.165, 1.54) is 11.3 Å². The minimum atomic E-state index is -0.414. The summed E-state index contributed by atoms with van der Waals surface area (Å²) in [7, 11) is 0. The molecule has 3 aromatic heterocycles. The maximum atomic E-state index is 12.1. The van der Waals surface area contributed by atoms with Crippen LogP contribution in [-0.4, -0.2) is 16.1 Å². The third-order valence-electron chi connectivity index (χ3n) is 3.24. The molecule has 0 aliphatic heterocycles. The highest BCUT2D eigenvalue weighted by molar-refractivity contribution is 7.16. The van der Waals surface area contributed by atoms with E-state index in [-0.39, 0.29) is 6.61 Å². The summed E-state index contributed by atoms with van der Waals surface area (Å²) in [6, 6.07) is 10.5. The van der Waals surface area contributed by atoms with Crippen molar-refractivity contribution in [2.45, 2.75) is 6.61 Å². The van der Waals surface area contributed by atoms with Gasteiger partial charge < -0.3 is 13.7 Å². The summed E-state index contributed by atoms with van der Waals surface area (Å²) >= 11 is 1.48. The van der Waals surface area contributed by atoms with Crippen LogP contribution in [-0.2, 0) is 11.3 Å². The molecule has 0 saturated carbocycles. The van der Waals surface area contributed by atoms with Gasteiger partial charge in [-0.3, -0.25) is 0 Å². The quantitative estimate of drug-likeness (QED) is 0.529. The zero-order chi connectivity index (χ0) is 15.6. The highest BCUT2D eigenvalue weighted by Gasteiger charge is 2.13. The van der Waals surface area contributed by atoms with Crippen molar-refractivity contribution >= 4 is 27.5 Å². The average molecular weight is 326 g/mol. The van der Waals surface area contributed by atoms with Gasteiger partial charge in [-0.25, -0.2) is 9.78 Å². The molecule has 4 rings (SSSR count). The number of benzene rings is 1. The Labute approximate surface area is 134 Å². The van der Waals surface area contributed by atoms with Gasteiger partial charge in [0, 0.05) is 6.07 Å². The lowest BCUT2D eigenvalue weighted by Crippen LogP contribution is -2.05. The van der Waals surface area contributed by atoms with E-state index in [1.807, 2.05) is 0 Å². The molecule has 7 heteroatoms. The fourth-order valence-electron chi connectivity index (χ4n) is 2.12. The van der Waals surface area contributed by atoms with E-state index in [2.05, 4.69) is 10.1 Å². The molecule has 0 amide bonds. The predicted octanol–water partition coefficient (Wildman–Crippen LogP) is 3.90. The molecule has 0 unspecified atom stereocenters. The summed E-state index contributed by atoms with van der Waals surface area (Å²) in [5.41, 5.74) is 3.61. The zero-order valence-corrected chi connectivity index (χ0v) is 12.6. The first-order chi connectivity index (χ1) is 11.3. The number of nitrogens with zero attached hydrogens (tertiary/aromatic N) is 2. The number of esters is 1. The van der Waals surface area contributed by atoms with E-state index in [4.69, 9.17) is 13.7 Å². The molecule has 3 heterocycles. The first-order valence-corrected chi connectivity index (χ1v) is 7.67. The summed E-state index contributed by atoms with van der Waals surface area (Å²) in [5, 5.41) is 3.86. The number of fused-ring (bicyclic) bond motifs is 1. The van der Waals surface area contributed by atoms with Crippen molar-refractivity contribution in [3.8, 4) is 11.5 Å². The van der Waals surface area contributed by atoms with E-state index in [0.29, 0.717) is 22.8 Å². The highest BCUT2D eigenvalue weighted by Crippen LogP contribution is 2.22. The standard InChI is InChI=1S/C16H10N2O4S/c19-16(10-3-4-12-15(6-10)23-9-17-12)21-8-11-7-14(22-18-11)13-2-1-5-20-13/h1-7,9H,8H2. The highest BCUT2D eigenvalue weighted by atomic mass is 32.1. The largest absolute Gasteiger partial charge is 0.461 e. The topological polar surface area (TPSA) is 78.4 Å². The summed E-state index contributed by atoms with van der Waals surface area (Å²) in [6.45, 7) is 0.0315. The maximum absolute atomic E-state index is 12.1. The first kappa shape index (κ1) is 13.7. The fourth-order valence-corrected chi connectivity index (χ4v) is 2.84. The van der Waals surface area contributed by atoms with Gasteiger partial charge in [-0.15, -0.1) is 11.3 Å². The molecular weight excluding hydrogens is 316 g/mol. The lowest BCUT2D eigenvalue weighted by molar-refractivity contribution is 0.0464. The van der Waals surface area contributed by atoms with Crippen LogP contribution in [0.1, 0.15) is 16.1 Å². The second-order valence-corrected chi connectivity index (χ2v) is 5.66. The maximum Gasteiger partial charge on any atom is 0.338 e. The minimum Gasteiger partial charge on any atom is -0.461 e. The molecule has 0 radical (unpaired) electrons. The Bertz CT molecular complexity index is 955. The number of thiazole rings is 1. The normalized spacial score (nSPS) is 11.0. The Morgan fingerprint density at radius 1 is 1.22 bits per heavy atom. The Morgan fingerprint density at radius 2 is 2.17 bits per heavy atom. The molecule has 0 spiro atoms. The fraction of sp³-hybridized carbons (Fsp3) is 0.0625. The van der Waals surface area contributed by atoms with E-state index in [9.17, 15) is 4.79 Å². The van der Waals surface area contributed by atoms with Crippen molar-refractivity contribution in [1.82, 2.24) is 10.1 Å². The van der Waals surface area contributed by atoms with Gasteiger partial charge in [0.05, 0.1) is 27.6 Å². The van der Waals surface area contributed by atoms with Gasteiger partial charge in [-0.1, -0.05) is 5.16 Å². The molecule has 23 heavy (non-hydrogen) atoms. The molecular formula is C16H10N2O4S. The Hall–Kier alpha value is -2.93. The van der Waals surface area contributed by atoms with Crippen molar-refractivity contribution in [1.29, 1.82) is 0 Å². The smallest absolute Gasteiger partial charge is 0.338 e. The molecule has 0 fully saturated rings. The summed E-state index contributed by atoms with van der Waals surface area (Å²) in [5.74, 6) is 0.653. The minimum absolute atomic E-state index is 0.0315. The summed E-state index contributed by atoms with van der Waals surface area (Å²) < 4.78 is 16.6. The van der Waals surface area contributed by atoms with Gasteiger partial charge in [0.2, 0.25) is 5.76 Å². The zero-order valence-electron chi connectivity index (χ0n) is 11.8. The monoisotopic (exact) mass is 326 g/mol. The van der Waals surface area contributed by atoms with Crippen molar-refractivity contribution in [2.75, 3.05) is 0 Å². The molecule has 0 atom stereocenters. The van der Waals surface area contributed by atoms with Crippen LogP contribution in [0.3, 0.4) is 0 Å². The van der Waals surface area contributed by atoms with Crippen LogP contribution in [0.4, 0.5) is 0 Å². The molecule has 0 aliphatic rings. The van der Waals surface area contributed by atoms with Crippen molar-refractivity contribution < 1.29 is 18.5 Å². The summed E-state index contributed by atoms with van der Waals surface area (Å²) in [4.78, 5) is 16.3. The Morgan fingerprint density at radius 3 is 3.04 bits per heavy atom. The molecule has 114 valence electrons. The molecule has 0 bridgehead atoms. The van der Waals surface area contributed by atoms with Crippen LogP contribution in [0.5, 0.6) is 0 Å². The van der Waals surface area contributed by atoms with Crippen molar-refractivity contribution in [3.63, 3.8) is 0 Å². The first-order valence-electron chi connectivity index (χ1n) is 6.79. The van der Waals surface area contributed by atoms with Gasteiger partial charge in [-0.05, 0) is 30.3 Å². The number of hydrogen-bond acceptors (Lipinski definition) is 7. The number of ether oxygens (including phenoxy) is 1. The van der Waals surface area contributed by atoms with Gasteiger partial charge >= 0.3 is 5.97 Å². The Balaban J connectivity index is 1.45. The molecule has 4 aromatic rings. The van der Waals surface area contributed by atoms with Gasteiger partial charge in [-0.2, -0.15) is 0 Å². The lowest BCUT2D eigenvalue weighted by atomic mass is 10.2. The number of aromatic nitrogens is 2. The van der Waals surface area contributed by atoms with Crippen LogP contribution in [0.2, 0.25) is 0 Å². The third kappa shape index (κ3) is 2.74. The van der Waals surface area contributed by atoms with Crippen LogP contribution >= 0.6 is 11.3 Å². The number of furan rings is 1. The van der Waals surface area contributed by atoms with E-state index in [0.717, 1.165) is 10.2 Å². The van der Waals surface area contributed by atoms with Crippen LogP contribution in [0.15, 0.2) is 57.1 Å². The van der Waals surface area contributed by atoms with Crippen LogP contribution in [0.25, 0.3) is 21.7 Å². The molecule has 6 nitrogen and oxygen atoms in total. The number of carbonyl (C=O) groups excluding carboxylic acids is 1. The molecule has 0 aliphatic carbocycles. The van der Waals surface area contributed by atoms with Crippen molar-refractivity contribution in [3.05, 3.63) is 59.4 Å². The summed E-state index contributed by atoms with van der Waals surface area (Å²) in [6.07, 6.45) is 1.55. The van der Waals surface area contributed by atoms with Crippen molar-refractivity contribution in [2.24, 2.45) is 0 Å². The van der Waals surface area contributed by atoms with Gasteiger partial charge in [0.15, 0.2) is 5.76 Å². The second kappa shape index (κ2) is 5.69. The third-order valence-corrected chi connectivity index (χ3v) is 4.03. The van der Waals surface area contributed by atoms with Crippen LogP contribution in [0, 0.1) is 0 Å². The number of hydrogen-bond donors (Lipinski definition) is 0. The van der Waals surface area contributed by atoms with Crippen LogP contribution < -0.4 is 0 Å². The SMILES string of the molecule is O=C(OCc1cc(-c2ccco2)on1)c1ccc2ncsc2c1. The van der Waals surface area contributed by atoms with E-state index >= 15 is 0 Å². The van der Waals surface area contributed by atoms with Gasteiger partial charge in [0.1, 0.15) is 12.3 Å².